The number of nitrogens with zero attached hydrogens (tertiary/aromatic N) is 3. The van der Waals surface area contributed by atoms with Gasteiger partial charge in [0.1, 0.15) is 11.3 Å². The molecule has 0 aliphatic carbocycles. The minimum Gasteiger partial charge on any atom is -0.364 e. The van der Waals surface area contributed by atoms with E-state index in [9.17, 15) is 14.0 Å². The molecule has 2 aromatic carbocycles. The van der Waals surface area contributed by atoms with Gasteiger partial charge in [0.2, 0.25) is 0 Å². The molecule has 1 amide bonds. The molecule has 0 unspecified atom stereocenters. The summed E-state index contributed by atoms with van der Waals surface area (Å²) in [5.74, 6) is -0.594. The Balaban J connectivity index is 1.97. The van der Waals surface area contributed by atoms with Crippen LogP contribution in [0.25, 0.3) is 28.2 Å². The van der Waals surface area contributed by atoms with Gasteiger partial charge in [-0.2, -0.15) is 0 Å². The second-order valence-electron chi connectivity index (χ2n) is 6.98. The van der Waals surface area contributed by atoms with Gasteiger partial charge in [-0.05, 0) is 35.7 Å². The van der Waals surface area contributed by atoms with Gasteiger partial charge in [-0.25, -0.2) is 23.7 Å². The minimum absolute atomic E-state index is 0.0871. The molecule has 0 atom stereocenters. The summed E-state index contributed by atoms with van der Waals surface area (Å²) in [6, 6.07) is 13.0. The predicted octanol–water partition coefficient (Wildman–Crippen LogP) is 3.14. The molecule has 146 valence electrons. The van der Waals surface area contributed by atoms with E-state index in [1.807, 2.05) is 24.3 Å². The molecule has 0 fully saturated rings. The van der Waals surface area contributed by atoms with Crippen molar-refractivity contribution in [2.45, 2.75) is 19.8 Å². The van der Waals surface area contributed by atoms with Crippen LogP contribution in [0.3, 0.4) is 0 Å². The van der Waals surface area contributed by atoms with Crippen LogP contribution in [0.2, 0.25) is 0 Å². The number of rotatable bonds is 4. The number of aromatic nitrogens is 4. The summed E-state index contributed by atoms with van der Waals surface area (Å²) in [4.78, 5) is 35.9. The van der Waals surface area contributed by atoms with Crippen molar-refractivity contribution >= 4 is 17.1 Å². The topological polar surface area (TPSA) is 107 Å². The van der Waals surface area contributed by atoms with Gasteiger partial charge in [0.05, 0.1) is 5.69 Å². The Bertz CT molecular complexity index is 1270. The summed E-state index contributed by atoms with van der Waals surface area (Å²) in [7, 11) is 0. The second kappa shape index (κ2) is 6.97. The molecule has 4 aromatic rings. The highest BCUT2D eigenvalue weighted by atomic mass is 19.1. The molecule has 8 heteroatoms. The van der Waals surface area contributed by atoms with E-state index in [2.05, 4.69) is 28.8 Å². The third-order valence-corrected chi connectivity index (χ3v) is 4.69. The van der Waals surface area contributed by atoms with Crippen LogP contribution in [0, 0.1) is 5.82 Å². The zero-order valence-electron chi connectivity index (χ0n) is 15.8. The summed E-state index contributed by atoms with van der Waals surface area (Å²) in [5.41, 5.74) is 7.43. The van der Waals surface area contributed by atoms with E-state index in [1.165, 1.54) is 28.8 Å². The third kappa shape index (κ3) is 3.29. The first-order valence-electron chi connectivity index (χ1n) is 9.04. The van der Waals surface area contributed by atoms with Crippen molar-refractivity contribution in [1.82, 2.24) is 19.5 Å². The maximum atomic E-state index is 13.3. The van der Waals surface area contributed by atoms with Gasteiger partial charge < -0.3 is 10.7 Å². The van der Waals surface area contributed by atoms with E-state index in [1.54, 1.807) is 0 Å². The van der Waals surface area contributed by atoms with Crippen molar-refractivity contribution in [2.24, 2.45) is 5.73 Å². The van der Waals surface area contributed by atoms with Gasteiger partial charge in [0.25, 0.3) is 5.91 Å². The molecule has 0 bridgehead atoms. The Kier molecular flexibility index (Phi) is 4.46. The molecule has 29 heavy (non-hydrogen) atoms. The van der Waals surface area contributed by atoms with Crippen LogP contribution in [-0.4, -0.2) is 25.4 Å². The van der Waals surface area contributed by atoms with Gasteiger partial charge in [-0.3, -0.25) is 4.79 Å². The van der Waals surface area contributed by atoms with Crippen molar-refractivity contribution in [2.75, 3.05) is 0 Å². The molecule has 0 saturated carbocycles. The number of imidazole rings is 1. The first-order valence-corrected chi connectivity index (χ1v) is 9.04. The van der Waals surface area contributed by atoms with E-state index in [4.69, 9.17) is 5.73 Å². The summed E-state index contributed by atoms with van der Waals surface area (Å²) in [6.45, 7) is 4.17. The minimum atomic E-state index is -0.787. The molecule has 0 aliphatic heterocycles. The number of halogens is 1. The van der Waals surface area contributed by atoms with E-state index < -0.39 is 17.4 Å². The number of aromatic amines is 1. The van der Waals surface area contributed by atoms with E-state index in [-0.39, 0.29) is 22.7 Å². The van der Waals surface area contributed by atoms with Crippen molar-refractivity contribution in [3.63, 3.8) is 0 Å². The Morgan fingerprint density at radius 1 is 1.07 bits per heavy atom. The lowest BCUT2D eigenvalue weighted by Crippen LogP contribution is -2.15. The second-order valence-corrected chi connectivity index (χ2v) is 6.98. The number of amides is 1. The van der Waals surface area contributed by atoms with Crippen LogP contribution in [-0.2, 0) is 0 Å². The highest BCUT2D eigenvalue weighted by Gasteiger charge is 2.20. The SMILES string of the molecule is CC(C)c1ccc(-c2nc(C(N)=O)c3[nH]c(=O)n(-c4ccc(F)cc4)c3n2)cc1. The molecular formula is C21H18FN5O2. The predicted molar refractivity (Wildman–Crippen MR) is 107 cm³/mol. The maximum absolute atomic E-state index is 13.3. The van der Waals surface area contributed by atoms with E-state index >= 15 is 0 Å². The maximum Gasteiger partial charge on any atom is 0.332 e. The lowest BCUT2D eigenvalue weighted by Gasteiger charge is -2.08. The summed E-state index contributed by atoms with van der Waals surface area (Å²) >= 11 is 0. The van der Waals surface area contributed by atoms with Crippen LogP contribution in [0.4, 0.5) is 4.39 Å². The Morgan fingerprint density at radius 3 is 2.31 bits per heavy atom. The summed E-state index contributed by atoms with van der Waals surface area (Å²) in [6.07, 6.45) is 0. The third-order valence-electron chi connectivity index (χ3n) is 4.69. The van der Waals surface area contributed by atoms with Crippen molar-refractivity contribution in [3.05, 3.63) is 76.1 Å². The van der Waals surface area contributed by atoms with Crippen LogP contribution < -0.4 is 11.4 Å². The lowest BCUT2D eigenvalue weighted by molar-refractivity contribution is 0.0997. The number of primary amides is 1. The largest absolute Gasteiger partial charge is 0.364 e. The Hall–Kier alpha value is -3.81. The van der Waals surface area contributed by atoms with Crippen LogP contribution >= 0.6 is 0 Å². The number of hydrogen-bond donors (Lipinski definition) is 2. The number of hydrogen-bond acceptors (Lipinski definition) is 4. The fraction of sp³-hybridized carbons (Fsp3) is 0.143. The molecule has 4 rings (SSSR count). The average molecular weight is 391 g/mol. The van der Waals surface area contributed by atoms with Gasteiger partial charge in [-0.15, -0.1) is 0 Å². The summed E-state index contributed by atoms with van der Waals surface area (Å²) < 4.78 is 14.6. The fourth-order valence-electron chi connectivity index (χ4n) is 3.14. The molecule has 0 radical (unpaired) electrons. The fourth-order valence-corrected chi connectivity index (χ4v) is 3.14. The highest BCUT2D eigenvalue weighted by Crippen LogP contribution is 2.24. The number of carbonyl (C=O) groups is 1. The van der Waals surface area contributed by atoms with Crippen molar-refractivity contribution in [1.29, 1.82) is 0 Å². The molecule has 3 N–H and O–H groups in total. The quantitative estimate of drug-likeness (QED) is 0.557. The number of H-pyrrole nitrogens is 1. The first-order chi connectivity index (χ1) is 13.8. The number of carbonyl (C=O) groups excluding carboxylic acids is 1. The zero-order chi connectivity index (χ0) is 20.7. The van der Waals surface area contributed by atoms with Gasteiger partial charge in [-0.1, -0.05) is 38.1 Å². The smallest absolute Gasteiger partial charge is 0.332 e. The van der Waals surface area contributed by atoms with E-state index in [0.717, 1.165) is 5.56 Å². The lowest BCUT2D eigenvalue weighted by atomic mass is 10.0. The number of fused-ring (bicyclic) bond motifs is 1. The Morgan fingerprint density at radius 2 is 1.72 bits per heavy atom. The first kappa shape index (κ1) is 18.5. The molecule has 0 saturated heterocycles. The highest BCUT2D eigenvalue weighted by molar-refractivity contribution is 6.02. The Labute approximate surface area is 165 Å². The van der Waals surface area contributed by atoms with E-state index in [0.29, 0.717) is 17.2 Å². The molecule has 7 nitrogen and oxygen atoms in total. The zero-order valence-corrected chi connectivity index (χ0v) is 15.8. The van der Waals surface area contributed by atoms with Gasteiger partial charge in [0, 0.05) is 5.56 Å². The normalized spacial score (nSPS) is 11.3. The molecule has 0 spiro atoms. The van der Waals surface area contributed by atoms with Gasteiger partial charge in [0.15, 0.2) is 17.2 Å². The molecule has 2 aromatic heterocycles. The number of nitrogens with one attached hydrogen (secondary N) is 1. The number of benzene rings is 2. The van der Waals surface area contributed by atoms with Crippen molar-refractivity contribution < 1.29 is 9.18 Å². The van der Waals surface area contributed by atoms with Crippen LogP contribution in [0.1, 0.15) is 35.8 Å². The van der Waals surface area contributed by atoms with Crippen LogP contribution in [0.15, 0.2) is 53.3 Å². The average Bonchev–Trinajstić information content (AvgIpc) is 3.03. The molecule has 2 heterocycles. The molecular weight excluding hydrogens is 373 g/mol. The molecule has 0 aliphatic rings. The van der Waals surface area contributed by atoms with Crippen molar-refractivity contribution in [3.8, 4) is 17.1 Å². The summed E-state index contributed by atoms with van der Waals surface area (Å²) in [5, 5.41) is 0. The standard InChI is InChI=1S/C21H18FN5O2/c1-11(2)12-3-5-13(6-4-12)19-24-16(18(23)28)17-20(26-19)27(21(29)25-17)15-9-7-14(22)8-10-15/h3-11H,1-2H3,(H2,23,28)(H,25,29). The van der Waals surface area contributed by atoms with Gasteiger partial charge >= 0.3 is 5.69 Å². The van der Waals surface area contributed by atoms with Crippen LogP contribution in [0.5, 0.6) is 0 Å². The monoisotopic (exact) mass is 391 g/mol. The number of nitrogens with two attached hydrogens (primary N) is 1.